The van der Waals surface area contributed by atoms with Gasteiger partial charge in [-0.25, -0.2) is 18.1 Å². The maximum atomic E-state index is 13.1. The van der Waals surface area contributed by atoms with Crippen molar-refractivity contribution in [3.05, 3.63) is 65.2 Å². The van der Waals surface area contributed by atoms with Crippen molar-refractivity contribution in [1.29, 1.82) is 0 Å². The number of carbonyl (C=O) groups excluding carboxylic acids is 1. The molecule has 8 nitrogen and oxygen atoms in total. The van der Waals surface area contributed by atoms with Crippen LogP contribution in [0.3, 0.4) is 0 Å². The Morgan fingerprint density at radius 1 is 1.06 bits per heavy atom. The van der Waals surface area contributed by atoms with E-state index in [9.17, 15) is 13.2 Å². The maximum Gasteiger partial charge on any atom is 0.264 e. The van der Waals surface area contributed by atoms with E-state index in [4.69, 9.17) is 4.74 Å². The van der Waals surface area contributed by atoms with Crippen molar-refractivity contribution in [2.24, 2.45) is 0 Å². The Kier molecular flexibility index (Phi) is 5.28. The summed E-state index contributed by atoms with van der Waals surface area (Å²) in [5.41, 5.74) is 3.81. The summed E-state index contributed by atoms with van der Waals surface area (Å²) in [7, 11) is -4.02. The highest BCUT2D eigenvalue weighted by molar-refractivity contribution is 7.92. The van der Waals surface area contributed by atoms with Crippen LogP contribution in [-0.2, 0) is 10.0 Å². The van der Waals surface area contributed by atoms with Crippen LogP contribution in [0.2, 0.25) is 0 Å². The first kappa shape index (κ1) is 21.4. The highest BCUT2D eigenvalue weighted by Crippen LogP contribution is 2.30. The zero-order valence-electron chi connectivity index (χ0n) is 18.4. The third kappa shape index (κ3) is 4.16. The molecule has 6 bridgehead atoms. The van der Waals surface area contributed by atoms with Gasteiger partial charge < -0.3 is 9.64 Å². The SMILES string of the molecule is Cc1cccc(C)c1-c1cc2nc(n1)NS(=O)(=O)c1cccc(c1)C(=O)N1CCC[C@H](C1)O2. The molecule has 1 N–H and O–H groups in total. The molecule has 33 heavy (non-hydrogen) atoms. The van der Waals surface area contributed by atoms with Crippen LogP contribution in [0.1, 0.15) is 34.3 Å². The van der Waals surface area contributed by atoms with Gasteiger partial charge in [0.15, 0.2) is 0 Å². The van der Waals surface area contributed by atoms with Crippen molar-refractivity contribution in [3.63, 3.8) is 0 Å². The van der Waals surface area contributed by atoms with E-state index in [1.807, 2.05) is 32.0 Å². The molecule has 2 aliphatic heterocycles. The molecule has 1 atom stereocenters. The summed E-state index contributed by atoms with van der Waals surface area (Å²) >= 11 is 0. The van der Waals surface area contributed by atoms with Crippen LogP contribution in [0.25, 0.3) is 11.3 Å². The fourth-order valence-electron chi connectivity index (χ4n) is 4.43. The van der Waals surface area contributed by atoms with Crippen molar-refractivity contribution >= 4 is 21.9 Å². The number of benzene rings is 2. The molecule has 1 amide bonds. The number of piperidine rings is 1. The summed E-state index contributed by atoms with van der Waals surface area (Å²) in [6.45, 7) is 4.96. The van der Waals surface area contributed by atoms with Crippen molar-refractivity contribution in [3.8, 4) is 17.1 Å². The van der Waals surface area contributed by atoms with Crippen LogP contribution < -0.4 is 9.46 Å². The van der Waals surface area contributed by atoms with Crippen LogP contribution in [0.5, 0.6) is 5.88 Å². The monoisotopic (exact) mass is 464 g/mol. The minimum absolute atomic E-state index is 0.0234. The first-order chi connectivity index (χ1) is 15.8. The lowest BCUT2D eigenvalue weighted by Crippen LogP contribution is -2.44. The van der Waals surface area contributed by atoms with Crippen molar-refractivity contribution in [1.82, 2.24) is 14.9 Å². The van der Waals surface area contributed by atoms with E-state index in [1.165, 1.54) is 12.1 Å². The number of fused-ring (bicyclic) bond motifs is 6. The molecule has 1 aromatic heterocycles. The van der Waals surface area contributed by atoms with Gasteiger partial charge in [0, 0.05) is 23.7 Å². The van der Waals surface area contributed by atoms with Crippen LogP contribution in [-0.4, -0.2) is 48.4 Å². The molecule has 9 heteroatoms. The number of hydrogen-bond acceptors (Lipinski definition) is 6. The van der Waals surface area contributed by atoms with Gasteiger partial charge in [-0.3, -0.25) is 4.79 Å². The number of rotatable bonds is 1. The largest absolute Gasteiger partial charge is 0.472 e. The van der Waals surface area contributed by atoms with E-state index in [1.54, 1.807) is 23.1 Å². The third-order valence-corrected chi connectivity index (χ3v) is 7.34. The second-order valence-electron chi connectivity index (χ2n) is 8.45. The number of ether oxygens (including phenoxy) is 1. The molecule has 0 saturated carbocycles. The van der Waals surface area contributed by atoms with Gasteiger partial charge in [-0.15, -0.1) is 0 Å². The number of sulfonamides is 1. The molecule has 170 valence electrons. The zero-order chi connectivity index (χ0) is 23.2. The van der Waals surface area contributed by atoms with E-state index in [2.05, 4.69) is 14.7 Å². The fourth-order valence-corrected chi connectivity index (χ4v) is 5.41. The minimum Gasteiger partial charge on any atom is -0.472 e. The standard InChI is InChI=1S/C24H24N4O4S/c1-15-6-3-7-16(2)22(15)20-13-21-26-24(25-20)27-33(30,31)19-10-4-8-17(12-19)23(29)28-11-5-9-18(14-28)32-21/h3-4,6-8,10,12-13,18H,5,9,11,14H2,1-2H3,(H,25,26,27)/t18-/m1/s1. The van der Waals surface area contributed by atoms with Crippen LogP contribution in [0.15, 0.2) is 53.4 Å². The van der Waals surface area contributed by atoms with Gasteiger partial charge in [-0.2, -0.15) is 4.98 Å². The van der Waals surface area contributed by atoms with Gasteiger partial charge in [-0.05, 0) is 56.0 Å². The lowest BCUT2D eigenvalue weighted by atomic mass is 10.00. The number of nitrogens with zero attached hydrogens (tertiary/aromatic N) is 3. The summed E-state index contributed by atoms with van der Waals surface area (Å²) in [6, 6.07) is 13.7. The first-order valence-electron chi connectivity index (χ1n) is 10.8. The first-order valence-corrected chi connectivity index (χ1v) is 12.3. The highest BCUT2D eigenvalue weighted by Gasteiger charge is 2.28. The number of nitrogens with one attached hydrogen (secondary N) is 1. The number of amides is 1. The number of aryl methyl sites for hydroxylation is 2. The third-order valence-electron chi connectivity index (χ3n) is 6.01. The molecule has 5 rings (SSSR count). The molecular formula is C24H24N4O4S. The topological polar surface area (TPSA) is 101 Å². The maximum absolute atomic E-state index is 13.1. The molecule has 0 unspecified atom stereocenters. The summed E-state index contributed by atoms with van der Waals surface area (Å²) in [5, 5.41) is 0. The Morgan fingerprint density at radius 3 is 2.61 bits per heavy atom. The number of hydrogen-bond donors (Lipinski definition) is 1. The Balaban J connectivity index is 1.68. The molecule has 0 radical (unpaired) electrons. The molecular weight excluding hydrogens is 440 g/mol. The molecule has 2 aliphatic rings. The van der Waals surface area contributed by atoms with E-state index in [0.717, 1.165) is 29.5 Å². The number of anilines is 1. The van der Waals surface area contributed by atoms with E-state index in [-0.39, 0.29) is 28.7 Å². The van der Waals surface area contributed by atoms with Crippen LogP contribution >= 0.6 is 0 Å². The molecule has 3 aromatic rings. The predicted octanol–water partition coefficient (Wildman–Crippen LogP) is 3.56. The molecule has 0 spiro atoms. The number of aromatic nitrogens is 2. The lowest BCUT2D eigenvalue weighted by molar-refractivity contribution is 0.0528. The van der Waals surface area contributed by atoms with E-state index in [0.29, 0.717) is 24.3 Å². The minimum atomic E-state index is -4.02. The Bertz CT molecular complexity index is 1340. The molecule has 1 saturated heterocycles. The average molecular weight is 465 g/mol. The number of carbonyl (C=O) groups is 1. The predicted molar refractivity (Wildman–Crippen MR) is 124 cm³/mol. The van der Waals surface area contributed by atoms with Gasteiger partial charge in [0.05, 0.1) is 17.1 Å². The smallest absolute Gasteiger partial charge is 0.264 e. The van der Waals surface area contributed by atoms with Gasteiger partial charge in [0.2, 0.25) is 11.8 Å². The van der Waals surface area contributed by atoms with Gasteiger partial charge >= 0.3 is 0 Å². The summed E-state index contributed by atoms with van der Waals surface area (Å²) in [6.07, 6.45) is 1.30. The quantitative estimate of drug-likeness (QED) is 0.591. The fraction of sp³-hybridized carbons (Fsp3) is 0.292. The molecule has 0 aliphatic carbocycles. The van der Waals surface area contributed by atoms with Crippen LogP contribution in [0.4, 0.5) is 5.95 Å². The van der Waals surface area contributed by atoms with Crippen molar-refractivity contribution < 1.29 is 17.9 Å². The second kappa shape index (κ2) is 8.15. The van der Waals surface area contributed by atoms with Gasteiger partial charge in [-0.1, -0.05) is 24.3 Å². The summed E-state index contributed by atoms with van der Waals surface area (Å²) < 4.78 is 34.9. The lowest BCUT2D eigenvalue weighted by Gasteiger charge is -2.32. The molecule has 1 fully saturated rings. The zero-order valence-corrected chi connectivity index (χ0v) is 19.2. The second-order valence-corrected chi connectivity index (χ2v) is 10.1. The van der Waals surface area contributed by atoms with E-state index >= 15 is 0 Å². The Labute approximate surface area is 192 Å². The summed E-state index contributed by atoms with van der Waals surface area (Å²) in [4.78, 5) is 23.6. The van der Waals surface area contributed by atoms with Crippen LogP contribution in [0, 0.1) is 13.8 Å². The normalized spacial score (nSPS) is 19.4. The Morgan fingerprint density at radius 2 is 1.82 bits per heavy atom. The highest BCUT2D eigenvalue weighted by atomic mass is 32.2. The molecule has 3 heterocycles. The van der Waals surface area contributed by atoms with Gasteiger partial charge in [0.25, 0.3) is 15.9 Å². The molecule has 2 aromatic carbocycles. The van der Waals surface area contributed by atoms with E-state index < -0.39 is 10.0 Å². The van der Waals surface area contributed by atoms with Gasteiger partial charge in [0.1, 0.15) is 6.10 Å². The Hall–Kier alpha value is -3.46. The van der Waals surface area contributed by atoms with Crippen molar-refractivity contribution in [2.75, 3.05) is 17.8 Å². The average Bonchev–Trinajstić information content (AvgIpc) is 2.78. The summed E-state index contributed by atoms with van der Waals surface area (Å²) in [5.74, 6) is -0.0204. The van der Waals surface area contributed by atoms with Crippen molar-refractivity contribution in [2.45, 2.75) is 37.7 Å².